The fourth-order valence-electron chi connectivity index (χ4n) is 4.59. The summed E-state index contributed by atoms with van der Waals surface area (Å²) in [5.41, 5.74) is 0.522. The van der Waals surface area contributed by atoms with Gasteiger partial charge in [-0.05, 0) is 24.1 Å². The predicted octanol–water partition coefficient (Wildman–Crippen LogP) is 8.26. The minimum Gasteiger partial charge on any atom is -0.508 e. The summed E-state index contributed by atoms with van der Waals surface area (Å²) < 4.78 is 10.9. The van der Waals surface area contributed by atoms with Crippen LogP contribution in [-0.4, -0.2) is 16.2 Å². The molecule has 6 nitrogen and oxygen atoms in total. The summed E-state index contributed by atoms with van der Waals surface area (Å²) in [6.45, 7) is 2.25. The lowest BCUT2D eigenvalue weighted by Crippen LogP contribution is -2.08. The van der Waals surface area contributed by atoms with E-state index in [-0.39, 0.29) is 34.0 Å². The highest BCUT2D eigenvalue weighted by Gasteiger charge is 2.14. The molecule has 0 aliphatic rings. The van der Waals surface area contributed by atoms with Gasteiger partial charge < -0.3 is 19.4 Å². The Morgan fingerprint density at radius 1 is 0.811 bits per heavy atom. The molecule has 0 radical (unpaired) electrons. The molecule has 2 N–H and O–H groups in total. The molecular formula is C31H40O6. The number of rotatable bonds is 16. The second kappa shape index (κ2) is 15.1. The van der Waals surface area contributed by atoms with Gasteiger partial charge in [-0.3, -0.25) is 9.59 Å². The molecule has 37 heavy (non-hydrogen) atoms. The summed E-state index contributed by atoms with van der Waals surface area (Å²) >= 11 is 0. The first-order valence-electron chi connectivity index (χ1n) is 13.8. The van der Waals surface area contributed by atoms with Gasteiger partial charge in [0.15, 0.2) is 0 Å². The van der Waals surface area contributed by atoms with Gasteiger partial charge in [-0.25, -0.2) is 0 Å². The highest BCUT2D eigenvalue weighted by Crippen LogP contribution is 2.30. The summed E-state index contributed by atoms with van der Waals surface area (Å²) in [5.74, 6) is -0.373. The Labute approximate surface area is 219 Å². The number of hydrogen-bond donors (Lipinski definition) is 2. The molecule has 3 rings (SSSR count). The highest BCUT2D eigenvalue weighted by atomic mass is 16.5. The molecule has 0 amide bonds. The molecule has 0 unspecified atom stereocenters. The van der Waals surface area contributed by atoms with E-state index >= 15 is 0 Å². The minimum absolute atomic E-state index is 0.00334. The van der Waals surface area contributed by atoms with E-state index in [1.807, 2.05) is 0 Å². The Morgan fingerprint density at radius 3 is 1.97 bits per heavy atom. The van der Waals surface area contributed by atoms with Crippen LogP contribution in [0.2, 0.25) is 0 Å². The number of phenolic OH excluding ortho intramolecular Hbond substituents is 2. The van der Waals surface area contributed by atoms with Crippen LogP contribution in [-0.2, 0) is 4.79 Å². The van der Waals surface area contributed by atoms with Crippen molar-refractivity contribution in [2.75, 3.05) is 0 Å². The SMILES string of the molecule is CCCCCCCCCCCCCCCC(=O)Oc1ccc(-c2coc3cc(O)cc(O)c3c2=O)cc1. The standard InChI is InChI=1S/C31H40O6/c1-2-3-4-5-6-7-8-9-10-11-12-13-14-15-29(34)37-25-18-16-23(17-19-25)26-22-36-28-21-24(32)20-27(33)30(28)31(26)35/h16-22,32-33H,2-15H2,1H3. The van der Waals surface area contributed by atoms with Crippen LogP contribution < -0.4 is 10.2 Å². The van der Waals surface area contributed by atoms with Crippen molar-refractivity contribution in [1.29, 1.82) is 0 Å². The van der Waals surface area contributed by atoms with Crippen LogP contribution >= 0.6 is 0 Å². The third kappa shape index (κ3) is 8.96. The van der Waals surface area contributed by atoms with Crippen molar-refractivity contribution in [3.63, 3.8) is 0 Å². The largest absolute Gasteiger partial charge is 0.508 e. The molecule has 0 saturated carbocycles. The predicted molar refractivity (Wildman–Crippen MR) is 147 cm³/mol. The van der Waals surface area contributed by atoms with Crippen molar-refractivity contribution in [3.05, 3.63) is 52.9 Å². The second-order valence-corrected chi connectivity index (χ2v) is 9.81. The van der Waals surface area contributed by atoms with E-state index in [2.05, 4.69) is 6.92 Å². The number of fused-ring (bicyclic) bond motifs is 1. The topological polar surface area (TPSA) is 97.0 Å². The van der Waals surface area contributed by atoms with Crippen molar-refractivity contribution >= 4 is 16.9 Å². The lowest BCUT2D eigenvalue weighted by molar-refractivity contribution is -0.134. The number of benzene rings is 2. The molecule has 0 aliphatic carbocycles. The first-order chi connectivity index (χ1) is 18.0. The van der Waals surface area contributed by atoms with E-state index in [0.29, 0.717) is 17.7 Å². The van der Waals surface area contributed by atoms with Crippen molar-refractivity contribution in [2.45, 2.75) is 96.8 Å². The monoisotopic (exact) mass is 508 g/mol. The van der Waals surface area contributed by atoms with Crippen LogP contribution in [0.4, 0.5) is 0 Å². The zero-order valence-corrected chi connectivity index (χ0v) is 22.0. The summed E-state index contributed by atoms with van der Waals surface area (Å²) in [4.78, 5) is 25.0. The maximum atomic E-state index is 12.8. The van der Waals surface area contributed by atoms with Crippen LogP contribution in [0.3, 0.4) is 0 Å². The van der Waals surface area contributed by atoms with Gasteiger partial charge in [-0.15, -0.1) is 0 Å². The number of ether oxygens (including phenoxy) is 1. The number of hydrogen-bond acceptors (Lipinski definition) is 6. The maximum absolute atomic E-state index is 12.8. The van der Waals surface area contributed by atoms with E-state index < -0.39 is 5.43 Å². The van der Waals surface area contributed by atoms with Crippen LogP contribution in [0, 0.1) is 0 Å². The van der Waals surface area contributed by atoms with Crippen LogP contribution in [0.25, 0.3) is 22.1 Å². The van der Waals surface area contributed by atoms with Gasteiger partial charge in [-0.2, -0.15) is 0 Å². The molecule has 200 valence electrons. The highest BCUT2D eigenvalue weighted by molar-refractivity contribution is 5.88. The average Bonchev–Trinajstić information content (AvgIpc) is 2.87. The summed E-state index contributed by atoms with van der Waals surface area (Å²) in [6.07, 6.45) is 18.0. The zero-order valence-electron chi connectivity index (χ0n) is 22.0. The molecular weight excluding hydrogens is 468 g/mol. The number of unbranched alkanes of at least 4 members (excludes halogenated alkanes) is 12. The molecule has 0 atom stereocenters. The number of phenols is 2. The van der Waals surface area contributed by atoms with E-state index in [9.17, 15) is 19.8 Å². The fraction of sp³-hybridized carbons (Fsp3) is 0.484. The molecule has 3 aromatic rings. The van der Waals surface area contributed by atoms with E-state index in [0.717, 1.165) is 25.3 Å². The molecule has 0 bridgehead atoms. The van der Waals surface area contributed by atoms with Gasteiger partial charge in [0.2, 0.25) is 5.43 Å². The second-order valence-electron chi connectivity index (χ2n) is 9.81. The van der Waals surface area contributed by atoms with E-state index in [4.69, 9.17) is 9.15 Å². The van der Waals surface area contributed by atoms with Crippen molar-refractivity contribution in [1.82, 2.24) is 0 Å². The normalized spacial score (nSPS) is 11.2. The molecule has 1 heterocycles. The average molecular weight is 509 g/mol. The van der Waals surface area contributed by atoms with Crippen LogP contribution in [0.15, 0.2) is 51.9 Å². The smallest absolute Gasteiger partial charge is 0.311 e. The Bertz CT molecular complexity index is 1180. The van der Waals surface area contributed by atoms with E-state index in [1.54, 1.807) is 24.3 Å². The van der Waals surface area contributed by atoms with Gasteiger partial charge in [-0.1, -0.05) is 96.1 Å². The van der Waals surface area contributed by atoms with Crippen molar-refractivity contribution < 1.29 is 24.2 Å². The van der Waals surface area contributed by atoms with Crippen LogP contribution in [0.1, 0.15) is 96.8 Å². The number of carbonyl (C=O) groups is 1. The lowest BCUT2D eigenvalue weighted by Gasteiger charge is -2.07. The minimum atomic E-state index is -0.411. The Balaban J connectivity index is 1.35. The Kier molecular flexibility index (Phi) is 11.5. The summed E-state index contributed by atoms with van der Waals surface area (Å²) in [7, 11) is 0. The molecule has 0 aliphatic heterocycles. The quantitative estimate of drug-likeness (QED) is 0.115. The summed E-state index contributed by atoms with van der Waals surface area (Å²) in [6, 6.07) is 8.99. The molecule has 1 aromatic heterocycles. The lowest BCUT2D eigenvalue weighted by atomic mass is 10.0. The van der Waals surface area contributed by atoms with E-state index in [1.165, 1.54) is 76.5 Å². The maximum Gasteiger partial charge on any atom is 0.311 e. The zero-order chi connectivity index (χ0) is 26.5. The molecule has 2 aromatic carbocycles. The van der Waals surface area contributed by atoms with Gasteiger partial charge in [0, 0.05) is 18.6 Å². The third-order valence-corrected chi connectivity index (χ3v) is 6.72. The Morgan fingerprint density at radius 2 is 1.38 bits per heavy atom. The number of aromatic hydroxyl groups is 2. The first-order valence-corrected chi connectivity index (χ1v) is 13.8. The van der Waals surface area contributed by atoms with Gasteiger partial charge in [0.05, 0.1) is 5.56 Å². The Hall–Kier alpha value is -3.28. The van der Waals surface area contributed by atoms with Gasteiger partial charge in [0.25, 0.3) is 0 Å². The van der Waals surface area contributed by atoms with Crippen LogP contribution in [0.5, 0.6) is 17.2 Å². The van der Waals surface area contributed by atoms with Crippen molar-refractivity contribution in [3.8, 4) is 28.4 Å². The molecule has 0 spiro atoms. The van der Waals surface area contributed by atoms with Gasteiger partial charge in [0.1, 0.15) is 34.5 Å². The molecule has 6 heteroatoms. The molecule has 0 saturated heterocycles. The fourth-order valence-corrected chi connectivity index (χ4v) is 4.59. The molecule has 0 fully saturated rings. The summed E-state index contributed by atoms with van der Waals surface area (Å²) in [5, 5.41) is 19.6. The first kappa shape index (κ1) is 28.3. The van der Waals surface area contributed by atoms with Gasteiger partial charge >= 0.3 is 5.97 Å². The number of esters is 1. The van der Waals surface area contributed by atoms with Crippen molar-refractivity contribution in [2.24, 2.45) is 0 Å². The number of carbonyl (C=O) groups excluding carboxylic acids is 1. The third-order valence-electron chi connectivity index (χ3n) is 6.72.